The van der Waals surface area contributed by atoms with Crippen molar-refractivity contribution in [2.45, 2.75) is 20.0 Å². The summed E-state index contributed by atoms with van der Waals surface area (Å²) < 4.78 is 10.3. The van der Waals surface area contributed by atoms with Gasteiger partial charge in [-0.1, -0.05) is 12.1 Å². The number of rotatable bonds is 5. The fraction of sp³-hybridized carbons (Fsp3) is 0.417. The quantitative estimate of drug-likeness (QED) is 0.696. The van der Waals surface area contributed by atoms with Gasteiger partial charge >= 0.3 is 0 Å². The molecule has 0 fully saturated rings. The van der Waals surface area contributed by atoms with E-state index in [2.05, 4.69) is 0 Å². The maximum atomic E-state index is 11.6. The van der Waals surface area contributed by atoms with Crippen LogP contribution >= 0.6 is 0 Å². The summed E-state index contributed by atoms with van der Waals surface area (Å²) in [5.41, 5.74) is 0.577. The number of ether oxygens (including phenoxy) is 2. The minimum atomic E-state index is -0.0613. The minimum absolute atomic E-state index is 0.0569. The first-order chi connectivity index (χ1) is 7.15. The van der Waals surface area contributed by atoms with Gasteiger partial charge in [0.25, 0.3) is 0 Å². The normalized spacial score (nSPS) is 10.4. The first kappa shape index (κ1) is 11.7. The van der Waals surface area contributed by atoms with Crippen molar-refractivity contribution in [1.29, 1.82) is 0 Å². The highest BCUT2D eigenvalue weighted by Gasteiger charge is 2.12. The number of Topliss-reactive ketones (excluding diaryl/α,β-unsaturated/α-hetero) is 1. The minimum Gasteiger partial charge on any atom is -0.490 e. The van der Waals surface area contributed by atoms with E-state index in [-0.39, 0.29) is 18.5 Å². The highest BCUT2D eigenvalue weighted by Crippen LogP contribution is 2.19. The van der Waals surface area contributed by atoms with Crippen molar-refractivity contribution in [3.63, 3.8) is 0 Å². The van der Waals surface area contributed by atoms with E-state index >= 15 is 0 Å². The van der Waals surface area contributed by atoms with Crippen molar-refractivity contribution in [2.75, 3.05) is 13.7 Å². The Kier molecular flexibility index (Phi) is 4.31. The molecule has 0 saturated carbocycles. The predicted molar refractivity (Wildman–Crippen MR) is 58.4 cm³/mol. The zero-order valence-electron chi connectivity index (χ0n) is 9.32. The lowest BCUT2D eigenvalue weighted by Crippen LogP contribution is -2.12. The molecule has 0 aliphatic heterocycles. The molecule has 0 N–H and O–H groups in total. The molecule has 0 aromatic heterocycles. The molecule has 1 rings (SSSR count). The Morgan fingerprint density at radius 2 is 2.00 bits per heavy atom. The van der Waals surface area contributed by atoms with Crippen LogP contribution in [0.25, 0.3) is 0 Å². The largest absolute Gasteiger partial charge is 0.490 e. The molecular weight excluding hydrogens is 192 g/mol. The number of hydrogen-bond donors (Lipinski definition) is 0. The van der Waals surface area contributed by atoms with Gasteiger partial charge in [0.05, 0.1) is 11.7 Å². The molecule has 0 heterocycles. The Bertz CT molecular complexity index is 331. The number of methoxy groups -OCH3 is 1. The summed E-state index contributed by atoms with van der Waals surface area (Å²) in [5, 5.41) is 0. The van der Waals surface area contributed by atoms with Gasteiger partial charge in [0.2, 0.25) is 0 Å². The summed E-state index contributed by atoms with van der Waals surface area (Å²) in [6, 6.07) is 7.21. The smallest absolute Gasteiger partial charge is 0.192 e. The summed E-state index contributed by atoms with van der Waals surface area (Å²) in [7, 11) is 1.50. The summed E-state index contributed by atoms with van der Waals surface area (Å²) in [5.74, 6) is 0.559. The second-order valence-electron chi connectivity index (χ2n) is 3.52. The van der Waals surface area contributed by atoms with Crippen LogP contribution in [0.3, 0.4) is 0 Å². The molecule has 1 aromatic rings. The van der Waals surface area contributed by atoms with Gasteiger partial charge in [-0.15, -0.1) is 0 Å². The molecule has 0 saturated heterocycles. The summed E-state index contributed by atoms with van der Waals surface area (Å²) in [4.78, 5) is 11.6. The number of ketones is 1. The monoisotopic (exact) mass is 208 g/mol. The molecule has 0 bridgehead atoms. The van der Waals surface area contributed by atoms with Crippen LogP contribution in [-0.2, 0) is 4.74 Å². The highest BCUT2D eigenvalue weighted by molar-refractivity contribution is 5.99. The molecule has 0 radical (unpaired) electrons. The Hall–Kier alpha value is -1.35. The number of carbonyl (C=O) groups is 1. The third-order valence-electron chi connectivity index (χ3n) is 1.83. The lowest BCUT2D eigenvalue weighted by Gasteiger charge is -2.12. The van der Waals surface area contributed by atoms with Crippen molar-refractivity contribution in [3.05, 3.63) is 29.8 Å². The average Bonchev–Trinajstić information content (AvgIpc) is 2.18. The molecule has 0 amide bonds. The van der Waals surface area contributed by atoms with E-state index in [9.17, 15) is 4.79 Å². The van der Waals surface area contributed by atoms with Crippen molar-refractivity contribution < 1.29 is 14.3 Å². The van der Waals surface area contributed by atoms with Crippen LogP contribution in [0.4, 0.5) is 0 Å². The van der Waals surface area contributed by atoms with Crippen LogP contribution < -0.4 is 4.74 Å². The topological polar surface area (TPSA) is 35.5 Å². The average molecular weight is 208 g/mol. The van der Waals surface area contributed by atoms with E-state index in [1.165, 1.54) is 7.11 Å². The second kappa shape index (κ2) is 5.51. The van der Waals surface area contributed by atoms with Gasteiger partial charge in [0, 0.05) is 7.11 Å². The van der Waals surface area contributed by atoms with Crippen LogP contribution in [-0.4, -0.2) is 25.6 Å². The fourth-order valence-electron chi connectivity index (χ4n) is 1.26. The van der Waals surface area contributed by atoms with Gasteiger partial charge in [-0.3, -0.25) is 4.79 Å². The summed E-state index contributed by atoms with van der Waals surface area (Å²) in [6.45, 7) is 3.94. The number of para-hydroxylation sites is 1. The molecule has 82 valence electrons. The fourth-order valence-corrected chi connectivity index (χ4v) is 1.26. The third-order valence-corrected chi connectivity index (χ3v) is 1.83. The van der Waals surface area contributed by atoms with E-state index in [1.807, 2.05) is 26.0 Å². The molecule has 1 aromatic carbocycles. The van der Waals surface area contributed by atoms with Crippen LogP contribution in [0.1, 0.15) is 24.2 Å². The van der Waals surface area contributed by atoms with Gasteiger partial charge < -0.3 is 9.47 Å². The van der Waals surface area contributed by atoms with Gasteiger partial charge in [0.1, 0.15) is 12.4 Å². The van der Waals surface area contributed by atoms with Crippen molar-refractivity contribution >= 4 is 5.78 Å². The molecule has 15 heavy (non-hydrogen) atoms. The standard InChI is InChI=1S/C12H16O3/c1-9(2)15-12-7-5-4-6-10(12)11(13)8-14-3/h4-7,9H,8H2,1-3H3. The summed E-state index contributed by atoms with van der Waals surface area (Å²) >= 11 is 0. The Labute approximate surface area is 90.0 Å². The van der Waals surface area contributed by atoms with Crippen LogP contribution in [0.15, 0.2) is 24.3 Å². The molecule has 0 atom stereocenters. The maximum Gasteiger partial charge on any atom is 0.192 e. The van der Waals surface area contributed by atoms with Gasteiger partial charge in [-0.2, -0.15) is 0 Å². The molecule has 0 spiro atoms. The zero-order chi connectivity index (χ0) is 11.3. The molecule has 0 aliphatic carbocycles. The predicted octanol–water partition coefficient (Wildman–Crippen LogP) is 2.30. The first-order valence-electron chi connectivity index (χ1n) is 4.93. The molecule has 0 aliphatic rings. The van der Waals surface area contributed by atoms with E-state index in [4.69, 9.17) is 9.47 Å². The van der Waals surface area contributed by atoms with Crippen LogP contribution in [0.2, 0.25) is 0 Å². The molecular formula is C12H16O3. The van der Waals surface area contributed by atoms with Crippen molar-refractivity contribution in [1.82, 2.24) is 0 Å². The second-order valence-corrected chi connectivity index (χ2v) is 3.52. The zero-order valence-corrected chi connectivity index (χ0v) is 9.32. The molecule has 3 nitrogen and oxygen atoms in total. The lowest BCUT2D eigenvalue weighted by molar-refractivity contribution is 0.0842. The SMILES string of the molecule is COCC(=O)c1ccccc1OC(C)C. The van der Waals surface area contributed by atoms with Crippen LogP contribution in [0.5, 0.6) is 5.75 Å². The van der Waals surface area contributed by atoms with Crippen LogP contribution in [0, 0.1) is 0 Å². The number of hydrogen-bond acceptors (Lipinski definition) is 3. The van der Waals surface area contributed by atoms with Gasteiger partial charge in [-0.05, 0) is 26.0 Å². The van der Waals surface area contributed by atoms with Gasteiger partial charge in [-0.25, -0.2) is 0 Å². The highest BCUT2D eigenvalue weighted by atomic mass is 16.5. The molecule has 3 heteroatoms. The Balaban J connectivity index is 2.90. The Morgan fingerprint density at radius 3 is 2.60 bits per heavy atom. The van der Waals surface area contributed by atoms with E-state index in [0.29, 0.717) is 11.3 Å². The first-order valence-corrected chi connectivity index (χ1v) is 4.93. The molecule has 0 unspecified atom stereocenters. The Morgan fingerprint density at radius 1 is 1.33 bits per heavy atom. The van der Waals surface area contributed by atoms with Gasteiger partial charge in [0.15, 0.2) is 5.78 Å². The lowest BCUT2D eigenvalue weighted by atomic mass is 10.1. The van der Waals surface area contributed by atoms with Crippen molar-refractivity contribution in [3.8, 4) is 5.75 Å². The van der Waals surface area contributed by atoms with E-state index in [1.54, 1.807) is 12.1 Å². The third kappa shape index (κ3) is 3.36. The maximum absolute atomic E-state index is 11.6. The van der Waals surface area contributed by atoms with E-state index in [0.717, 1.165) is 0 Å². The summed E-state index contributed by atoms with van der Waals surface area (Å²) in [6.07, 6.45) is 0.0569. The van der Waals surface area contributed by atoms with Crippen molar-refractivity contribution in [2.24, 2.45) is 0 Å². The van der Waals surface area contributed by atoms with E-state index < -0.39 is 0 Å². The number of benzene rings is 1. The number of carbonyl (C=O) groups excluding carboxylic acids is 1.